The Balaban J connectivity index is 1.19. The molecular formula is C39H34ClN5O5S. The second-order valence-corrected chi connectivity index (χ2v) is 13.5. The number of hydrazone groups is 1. The SMILES string of the molecule is COc1ccc(Cc2nnc(SC(C)C(=O)N3N=C(c4ccc(Cl)cc4)CC3c3ccco3)n2-c2ccc(Oc3ccccc3)cc2)cc1OC. The number of hydrogen-bond acceptors (Lipinski definition) is 9. The van der Waals surface area contributed by atoms with E-state index in [4.69, 9.17) is 35.3 Å². The van der Waals surface area contributed by atoms with Gasteiger partial charge in [-0.25, -0.2) is 5.01 Å². The van der Waals surface area contributed by atoms with Gasteiger partial charge in [-0.1, -0.05) is 59.8 Å². The predicted octanol–water partition coefficient (Wildman–Crippen LogP) is 8.77. The van der Waals surface area contributed by atoms with E-state index in [-0.39, 0.29) is 5.91 Å². The molecule has 0 spiro atoms. The summed E-state index contributed by atoms with van der Waals surface area (Å²) in [5, 5.41) is 16.2. The highest BCUT2D eigenvalue weighted by Gasteiger charge is 2.37. The number of benzene rings is 4. The van der Waals surface area contributed by atoms with Gasteiger partial charge in [0.15, 0.2) is 16.7 Å². The van der Waals surface area contributed by atoms with Crippen LogP contribution in [0.1, 0.15) is 42.1 Å². The molecule has 258 valence electrons. The average Bonchev–Trinajstić information content (AvgIpc) is 3.93. The predicted molar refractivity (Wildman–Crippen MR) is 196 cm³/mol. The van der Waals surface area contributed by atoms with Gasteiger partial charge in [0.05, 0.1) is 31.4 Å². The van der Waals surface area contributed by atoms with Crippen molar-refractivity contribution in [1.82, 2.24) is 19.8 Å². The first-order valence-electron chi connectivity index (χ1n) is 16.2. The Morgan fingerprint density at radius 3 is 2.35 bits per heavy atom. The third kappa shape index (κ3) is 7.50. The first-order valence-corrected chi connectivity index (χ1v) is 17.5. The van der Waals surface area contributed by atoms with E-state index in [0.29, 0.717) is 51.9 Å². The summed E-state index contributed by atoms with van der Waals surface area (Å²) < 4.78 is 24.8. The van der Waals surface area contributed by atoms with Crippen LogP contribution in [-0.4, -0.2) is 50.9 Å². The van der Waals surface area contributed by atoms with Gasteiger partial charge in [0, 0.05) is 23.6 Å². The van der Waals surface area contributed by atoms with E-state index in [2.05, 4.69) is 10.2 Å². The lowest BCUT2D eigenvalue weighted by Gasteiger charge is -2.23. The number of amides is 1. The zero-order valence-electron chi connectivity index (χ0n) is 28.1. The van der Waals surface area contributed by atoms with Crippen molar-refractivity contribution in [3.63, 3.8) is 0 Å². The van der Waals surface area contributed by atoms with Gasteiger partial charge in [0.25, 0.3) is 5.91 Å². The van der Waals surface area contributed by atoms with Crippen molar-refractivity contribution in [2.75, 3.05) is 14.2 Å². The molecule has 2 aromatic heterocycles. The number of para-hydroxylation sites is 1. The van der Waals surface area contributed by atoms with Crippen molar-refractivity contribution in [3.05, 3.63) is 143 Å². The summed E-state index contributed by atoms with van der Waals surface area (Å²) in [6.07, 6.45) is 2.55. The van der Waals surface area contributed by atoms with E-state index in [1.807, 2.05) is 121 Å². The number of carbonyl (C=O) groups is 1. The molecule has 0 fully saturated rings. The third-order valence-corrected chi connectivity index (χ3v) is 9.68. The molecule has 2 unspecified atom stereocenters. The Bertz CT molecular complexity index is 2140. The van der Waals surface area contributed by atoms with Gasteiger partial charge in [-0.2, -0.15) is 5.10 Å². The monoisotopic (exact) mass is 719 g/mol. The Morgan fingerprint density at radius 1 is 0.902 bits per heavy atom. The zero-order valence-corrected chi connectivity index (χ0v) is 29.7. The molecule has 0 radical (unpaired) electrons. The number of hydrogen-bond donors (Lipinski definition) is 0. The molecule has 51 heavy (non-hydrogen) atoms. The van der Waals surface area contributed by atoms with Crippen LogP contribution in [0, 0.1) is 0 Å². The standard InChI is InChI=1S/C39H34ClN5O5S/c1-25(38(46)45-33(34-10-7-21-49-34)24-32(43-45)27-12-14-28(40)15-13-27)51-39-42-41-37(23-26-11-20-35(47-2)36(22-26)48-3)44(39)29-16-18-31(19-17-29)50-30-8-5-4-6-9-30/h4-22,25,33H,23-24H2,1-3H3. The number of carbonyl (C=O) groups excluding carboxylic acids is 1. The molecule has 0 saturated heterocycles. The molecule has 3 heterocycles. The molecule has 1 aliphatic heterocycles. The number of ether oxygens (including phenoxy) is 3. The summed E-state index contributed by atoms with van der Waals surface area (Å²) in [6, 6.07) is 33.8. The summed E-state index contributed by atoms with van der Waals surface area (Å²) >= 11 is 7.46. The van der Waals surface area contributed by atoms with E-state index in [0.717, 1.165) is 28.3 Å². The zero-order chi connectivity index (χ0) is 35.3. The number of methoxy groups -OCH3 is 2. The maximum absolute atomic E-state index is 14.2. The van der Waals surface area contributed by atoms with Crippen molar-refractivity contribution in [2.24, 2.45) is 5.10 Å². The third-order valence-electron chi connectivity index (χ3n) is 8.40. The first kappa shape index (κ1) is 34.0. The lowest BCUT2D eigenvalue weighted by atomic mass is 10.0. The van der Waals surface area contributed by atoms with Crippen LogP contribution >= 0.6 is 23.4 Å². The van der Waals surface area contributed by atoms with Gasteiger partial charge in [0.2, 0.25) is 0 Å². The van der Waals surface area contributed by atoms with Crippen molar-refractivity contribution >= 4 is 35.0 Å². The quantitative estimate of drug-likeness (QED) is 0.116. The fourth-order valence-electron chi connectivity index (χ4n) is 5.84. The number of rotatable bonds is 12. The maximum Gasteiger partial charge on any atom is 0.256 e. The lowest BCUT2D eigenvalue weighted by molar-refractivity contribution is -0.132. The van der Waals surface area contributed by atoms with Crippen LogP contribution in [0.4, 0.5) is 0 Å². The number of nitrogens with zero attached hydrogens (tertiary/aromatic N) is 5. The topological polar surface area (TPSA) is 104 Å². The van der Waals surface area contributed by atoms with Crippen molar-refractivity contribution in [1.29, 1.82) is 0 Å². The number of furan rings is 1. The second-order valence-electron chi connectivity index (χ2n) is 11.7. The molecule has 7 rings (SSSR count). The molecule has 0 saturated carbocycles. The van der Waals surface area contributed by atoms with Crippen LogP contribution in [0.15, 0.2) is 130 Å². The van der Waals surface area contributed by atoms with Crippen molar-refractivity contribution in [3.8, 4) is 28.7 Å². The minimum absolute atomic E-state index is 0.187. The Labute approximate surface area is 304 Å². The van der Waals surface area contributed by atoms with Gasteiger partial charge in [-0.05, 0) is 90.8 Å². The van der Waals surface area contributed by atoms with Crippen LogP contribution < -0.4 is 14.2 Å². The normalized spacial score (nSPS) is 14.6. The largest absolute Gasteiger partial charge is 0.493 e. The fourth-order valence-corrected chi connectivity index (χ4v) is 6.89. The minimum Gasteiger partial charge on any atom is -0.493 e. The molecule has 2 atom stereocenters. The van der Waals surface area contributed by atoms with Crippen LogP contribution in [0.25, 0.3) is 5.69 Å². The van der Waals surface area contributed by atoms with Crippen LogP contribution in [-0.2, 0) is 11.2 Å². The van der Waals surface area contributed by atoms with Crippen LogP contribution in [0.3, 0.4) is 0 Å². The molecule has 1 amide bonds. The van der Waals surface area contributed by atoms with Gasteiger partial charge in [-0.15, -0.1) is 10.2 Å². The molecule has 4 aromatic carbocycles. The second kappa shape index (κ2) is 15.2. The molecule has 0 N–H and O–H groups in total. The molecule has 6 aromatic rings. The van der Waals surface area contributed by atoms with Crippen molar-refractivity contribution < 1.29 is 23.4 Å². The smallest absolute Gasteiger partial charge is 0.256 e. The molecule has 1 aliphatic rings. The number of thioether (sulfide) groups is 1. The summed E-state index contributed by atoms with van der Waals surface area (Å²) in [7, 11) is 3.21. The minimum atomic E-state index is -0.576. The average molecular weight is 720 g/mol. The van der Waals surface area contributed by atoms with E-state index < -0.39 is 11.3 Å². The molecule has 0 bridgehead atoms. The van der Waals surface area contributed by atoms with E-state index in [1.165, 1.54) is 16.8 Å². The van der Waals surface area contributed by atoms with Gasteiger partial charge in [0.1, 0.15) is 29.1 Å². The summed E-state index contributed by atoms with van der Waals surface area (Å²) in [5.41, 5.74) is 3.44. The molecule has 12 heteroatoms. The highest BCUT2D eigenvalue weighted by atomic mass is 35.5. The van der Waals surface area contributed by atoms with Crippen molar-refractivity contribution in [2.45, 2.75) is 36.2 Å². The summed E-state index contributed by atoms with van der Waals surface area (Å²) in [6.45, 7) is 1.85. The van der Waals surface area contributed by atoms with Crippen LogP contribution in [0.2, 0.25) is 5.02 Å². The highest BCUT2D eigenvalue weighted by molar-refractivity contribution is 8.00. The van der Waals surface area contributed by atoms with Gasteiger partial charge >= 0.3 is 0 Å². The summed E-state index contributed by atoms with van der Waals surface area (Å²) in [4.78, 5) is 14.2. The Morgan fingerprint density at radius 2 is 1.65 bits per heavy atom. The fraction of sp³-hybridized carbons (Fsp3) is 0.179. The number of halogens is 1. The first-order chi connectivity index (χ1) is 24.9. The molecule has 0 aliphatic carbocycles. The van der Waals surface area contributed by atoms with E-state index >= 15 is 0 Å². The van der Waals surface area contributed by atoms with E-state index in [1.54, 1.807) is 20.5 Å². The number of aromatic nitrogens is 3. The highest BCUT2D eigenvalue weighted by Crippen LogP contribution is 2.37. The summed E-state index contributed by atoms with van der Waals surface area (Å²) in [5.74, 6) is 3.83. The van der Waals surface area contributed by atoms with Gasteiger partial charge < -0.3 is 18.6 Å². The maximum atomic E-state index is 14.2. The lowest BCUT2D eigenvalue weighted by Crippen LogP contribution is -2.33. The molecule has 10 nitrogen and oxygen atoms in total. The van der Waals surface area contributed by atoms with E-state index in [9.17, 15) is 4.79 Å². The van der Waals surface area contributed by atoms with Gasteiger partial charge in [-0.3, -0.25) is 9.36 Å². The Hall–Kier alpha value is -5.52. The Kier molecular flexibility index (Phi) is 10.1. The molecular weight excluding hydrogens is 686 g/mol. The van der Waals surface area contributed by atoms with Crippen LogP contribution in [0.5, 0.6) is 23.0 Å².